The summed E-state index contributed by atoms with van der Waals surface area (Å²) in [4.78, 5) is 10.7. The Morgan fingerprint density at radius 3 is 2.67 bits per heavy atom. The first-order chi connectivity index (χ1) is 8.58. The van der Waals surface area contributed by atoms with E-state index in [4.69, 9.17) is 9.84 Å². The summed E-state index contributed by atoms with van der Waals surface area (Å²) in [7, 11) is 1.64. The molecule has 0 heterocycles. The van der Waals surface area contributed by atoms with Crippen LogP contribution in [0, 0.1) is 6.92 Å². The van der Waals surface area contributed by atoms with E-state index in [9.17, 15) is 4.79 Å². The molecular formula is C15H20O3. The quantitative estimate of drug-likeness (QED) is 0.835. The van der Waals surface area contributed by atoms with Gasteiger partial charge in [-0.25, -0.2) is 0 Å². The van der Waals surface area contributed by atoms with Gasteiger partial charge in [0.15, 0.2) is 0 Å². The smallest absolute Gasteiger partial charge is 0.307 e. The summed E-state index contributed by atoms with van der Waals surface area (Å²) in [6.07, 6.45) is 3.76. The van der Waals surface area contributed by atoms with E-state index >= 15 is 0 Å². The first-order valence-electron chi connectivity index (χ1n) is 6.14. The van der Waals surface area contributed by atoms with Crippen LogP contribution in [0.1, 0.15) is 37.3 Å². The molecule has 0 radical (unpaired) electrons. The Hall–Kier alpha value is -1.77. The minimum atomic E-state index is -0.797. The van der Waals surface area contributed by atoms with Crippen LogP contribution in [0.4, 0.5) is 0 Å². The van der Waals surface area contributed by atoms with E-state index in [1.165, 1.54) is 0 Å². The fourth-order valence-corrected chi connectivity index (χ4v) is 1.95. The minimum Gasteiger partial charge on any atom is -0.497 e. The van der Waals surface area contributed by atoms with Crippen LogP contribution >= 0.6 is 0 Å². The molecule has 0 fully saturated rings. The Bertz CT molecular complexity index is 447. The molecule has 3 heteroatoms. The maximum absolute atomic E-state index is 10.7. The predicted molar refractivity (Wildman–Crippen MR) is 72.9 cm³/mol. The van der Waals surface area contributed by atoms with Crippen LogP contribution < -0.4 is 4.74 Å². The molecule has 0 aliphatic heterocycles. The van der Waals surface area contributed by atoms with Gasteiger partial charge < -0.3 is 9.84 Å². The number of carboxylic acids is 1. The average Bonchev–Trinajstić information content (AvgIpc) is 2.34. The molecule has 0 aromatic heterocycles. The third-order valence-electron chi connectivity index (χ3n) is 2.82. The fourth-order valence-electron chi connectivity index (χ4n) is 1.95. The van der Waals surface area contributed by atoms with Crippen molar-refractivity contribution in [3.05, 3.63) is 35.4 Å². The Morgan fingerprint density at radius 2 is 2.17 bits per heavy atom. The maximum atomic E-state index is 10.7. The molecule has 1 rings (SSSR count). The Morgan fingerprint density at radius 1 is 1.44 bits per heavy atom. The Balaban J connectivity index is 3.05. The molecule has 0 aliphatic rings. The highest BCUT2D eigenvalue weighted by atomic mass is 16.5. The summed E-state index contributed by atoms with van der Waals surface area (Å²) in [5.41, 5.74) is 3.32. The highest BCUT2D eigenvalue weighted by molar-refractivity contribution is 5.75. The van der Waals surface area contributed by atoms with Gasteiger partial charge in [-0.2, -0.15) is 0 Å². The van der Waals surface area contributed by atoms with E-state index in [2.05, 4.69) is 6.92 Å². The van der Waals surface area contributed by atoms with E-state index in [0.29, 0.717) is 0 Å². The van der Waals surface area contributed by atoms with Crippen LogP contribution in [-0.2, 0) is 4.79 Å². The summed E-state index contributed by atoms with van der Waals surface area (Å²) in [6, 6.07) is 5.88. The lowest BCUT2D eigenvalue weighted by Crippen LogP contribution is -1.95. The van der Waals surface area contributed by atoms with Gasteiger partial charge in [-0.1, -0.05) is 25.5 Å². The van der Waals surface area contributed by atoms with Crippen molar-refractivity contribution in [1.82, 2.24) is 0 Å². The van der Waals surface area contributed by atoms with Crippen LogP contribution in [0.25, 0.3) is 5.57 Å². The molecule has 0 spiro atoms. The zero-order chi connectivity index (χ0) is 13.5. The summed E-state index contributed by atoms with van der Waals surface area (Å²) >= 11 is 0. The largest absolute Gasteiger partial charge is 0.497 e. The van der Waals surface area contributed by atoms with Crippen LogP contribution in [0.2, 0.25) is 0 Å². The first kappa shape index (κ1) is 14.3. The number of hydrogen-bond donors (Lipinski definition) is 1. The highest BCUT2D eigenvalue weighted by Crippen LogP contribution is 2.26. The average molecular weight is 248 g/mol. The molecule has 0 saturated carbocycles. The molecule has 18 heavy (non-hydrogen) atoms. The molecule has 0 aliphatic carbocycles. The number of carbonyl (C=O) groups is 1. The Labute approximate surface area is 108 Å². The number of allylic oxidation sites excluding steroid dienone is 1. The first-order valence-corrected chi connectivity index (χ1v) is 6.14. The van der Waals surface area contributed by atoms with Gasteiger partial charge in [-0.05, 0) is 42.2 Å². The van der Waals surface area contributed by atoms with Gasteiger partial charge in [0.2, 0.25) is 0 Å². The van der Waals surface area contributed by atoms with E-state index in [0.717, 1.165) is 35.3 Å². The number of aryl methyl sites for hydroxylation is 1. The van der Waals surface area contributed by atoms with Crippen molar-refractivity contribution in [1.29, 1.82) is 0 Å². The van der Waals surface area contributed by atoms with Crippen LogP contribution in [0.5, 0.6) is 5.75 Å². The molecule has 1 aromatic rings. The van der Waals surface area contributed by atoms with E-state index in [1.54, 1.807) is 13.2 Å². The molecule has 0 bridgehead atoms. The standard InChI is InChI=1S/C15H20O3/c1-4-5-12(6-9-15(16)17)14-8-7-13(18-3)10-11(14)2/h6-8,10H,4-5,9H2,1-3H3,(H,16,17)/b12-6+. The molecule has 0 unspecified atom stereocenters. The van der Waals surface area contributed by atoms with Crippen molar-refractivity contribution in [2.75, 3.05) is 7.11 Å². The zero-order valence-electron chi connectivity index (χ0n) is 11.2. The van der Waals surface area contributed by atoms with Crippen molar-refractivity contribution < 1.29 is 14.6 Å². The minimum absolute atomic E-state index is 0.0702. The van der Waals surface area contributed by atoms with E-state index in [-0.39, 0.29) is 6.42 Å². The molecular weight excluding hydrogens is 228 g/mol. The van der Waals surface area contributed by atoms with Gasteiger partial charge in [0, 0.05) is 0 Å². The van der Waals surface area contributed by atoms with Gasteiger partial charge >= 0.3 is 5.97 Å². The number of aliphatic carboxylic acids is 1. The van der Waals surface area contributed by atoms with E-state index in [1.807, 2.05) is 25.1 Å². The second kappa shape index (κ2) is 6.84. The lowest BCUT2D eigenvalue weighted by Gasteiger charge is -2.11. The van der Waals surface area contributed by atoms with Crippen LogP contribution in [0.15, 0.2) is 24.3 Å². The van der Waals surface area contributed by atoms with Crippen molar-refractivity contribution in [3.8, 4) is 5.75 Å². The summed E-state index contributed by atoms with van der Waals surface area (Å²) in [5, 5.41) is 8.76. The number of carboxylic acid groups (broad SMARTS) is 1. The second-order valence-electron chi connectivity index (χ2n) is 4.26. The predicted octanol–water partition coefficient (Wildman–Crippen LogP) is 3.66. The third kappa shape index (κ3) is 3.91. The molecule has 1 aromatic carbocycles. The van der Waals surface area contributed by atoms with Gasteiger partial charge in [-0.3, -0.25) is 4.79 Å². The molecule has 0 atom stereocenters. The molecule has 98 valence electrons. The monoisotopic (exact) mass is 248 g/mol. The number of benzene rings is 1. The molecule has 0 amide bonds. The maximum Gasteiger partial charge on any atom is 0.307 e. The van der Waals surface area contributed by atoms with Gasteiger partial charge in [0.1, 0.15) is 5.75 Å². The van der Waals surface area contributed by atoms with Gasteiger partial charge in [0.25, 0.3) is 0 Å². The number of methoxy groups -OCH3 is 1. The van der Waals surface area contributed by atoms with Crippen molar-refractivity contribution in [2.45, 2.75) is 33.1 Å². The van der Waals surface area contributed by atoms with Gasteiger partial charge in [0.05, 0.1) is 13.5 Å². The van der Waals surface area contributed by atoms with Crippen LogP contribution in [0.3, 0.4) is 0 Å². The Kier molecular flexibility index (Phi) is 5.43. The summed E-state index contributed by atoms with van der Waals surface area (Å²) in [5.74, 6) is 0.0279. The number of hydrogen-bond acceptors (Lipinski definition) is 2. The molecule has 1 N–H and O–H groups in total. The summed E-state index contributed by atoms with van der Waals surface area (Å²) in [6.45, 7) is 4.11. The fraction of sp³-hybridized carbons (Fsp3) is 0.400. The summed E-state index contributed by atoms with van der Waals surface area (Å²) < 4.78 is 5.17. The molecule has 0 saturated heterocycles. The molecule has 3 nitrogen and oxygen atoms in total. The van der Waals surface area contributed by atoms with Gasteiger partial charge in [-0.15, -0.1) is 0 Å². The number of ether oxygens (including phenoxy) is 1. The van der Waals surface area contributed by atoms with Crippen molar-refractivity contribution in [2.24, 2.45) is 0 Å². The topological polar surface area (TPSA) is 46.5 Å². The lowest BCUT2D eigenvalue weighted by atomic mass is 9.96. The second-order valence-corrected chi connectivity index (χ2v) is 4.26. The lowest BCUT2D eigenvalue weighted by molar-refractivity contribution is -0.135. The highest BCUT2D eigenvalue weighted by Gasteiger charge is 2.06. The van der Waals surface area contributed by atoms with Crippen LogP contribution in [-0.4, -0.2) is 18.2 Å². The zero-order valence-corrected chi connectivity index (χ0v) is 11.2. The SMILES string of the molecule is CCC/C(=C\CC(=O)O)c1ccc(OC)cc1C. The van der Waals surface area contributed by atoms with Crippen molar-refractivity contribution >= 4 is 11.5 Å². The van der Waals surface area contributed by atoms with E-state index < -0.39 is 5.97 Å². The van der Waals surface area contributed by atoms with Crippen molar-refractivity contribution in [3.63, 3.8) is 0 Å². The third-order valence-corrected chi connectivity index (χ3v) is 2.82. The number of rotatable bonds is 6. The normalized spacial score (nSPS) is 11.4.